The molecule has 0 aliphatic heterocycles. The number of aryl methyl sites for hydroxylation is 1. The van der Waals surface area contributed by atoms with E-state index in [9.17, 15) is 13.2 Å². The molecule has 0 atom stereocenters. The monoisotopic (exact) mass is 332 g/mol. The second-order valence-electron chi connectivity index (χ2n) is 4.05. The number of aromatic amines is 1. The highest BCUT2D eigenvalue weighted by Gasteiger charge is 2.18. The SMILES string of the molecule is Cc1ccc(Cl)c(NS(=O)(=O)c2ccc(=O)[nH]c2)c1Cl. The summed E-state index contributed by atoms with van der Waals surface area (Å²) in [5.41, 5.74) is 0.408. The number of nitrogens with one attached hydrogen (secondary N) is 2. The molecule has 0 bridgehead atoms. The van der Waals surface area contributed by atoms with Crippen molar-refractivity contribution in [2.24, 2.45) is 0 Å². The van der Waals surface area contributed by atoms with E-state index in [-0.39, 0.29) is 20.6 Å². The van der Waals surface area contributed by atoms with E-state index in [1.165, 1.54) is 6.07 Å². The summed E-state index contributed by atoms with van der Waals surface area (Å²) in [6.07, 6.45) is 1.10. The number of hydrogen-bond acceptors (Lipinski definition) is 3. The lowest BCUT2D eigenvalue weighted by Crippen LogP contribution is -2.16. The van der Waals surface area contributed by atoms with Crippen molar-refractivity contribution in [2.75, 3.05) is 4.72 Å². The van der Waals surface area contributed by atoms with Crippen molar-refractivity contribution in [3.8, 4) is 0 Å². The van der Waals surface area contributed by atoms with Crippen molar-refractivity contribution >= 4 is 38.9 Å². The smallest absolute Gasteiger partial charge is 0.263 e. The topological polar surface area (TPSA) is 79.0 Å². The van der Waals surface area contributed by atoms with E-state index in [1.807, 2.05) is 0 Å². The molecular weight excluding hydrogens is 323 g/mol. The molecule has 106 valence electrons. The third-order valence-corrected chi connectivity index (χ3v) is 4.74. The molecule has 2 rings (SSSR count). The summed E-state index contributed by atoms with van der Waals surface area (Å²) >= 11 is 12.0. The second kappa shape index (κ2) is 5.47. The average Bonchev–Trinajstić information content (AvgIpc) is 2.40. The number of aromatic nitrogens is 1. The summed E-state index contributed by atoms with van der Waals surface area (Å²) in [4.78, 5) is 13.1. The maximum Gasteiger partial charge on any atom is 0.263 e. The van der Waals surface area contributed by atoms with Crippen molar-refractivity contribution < 1.29 is 8.42 Å². The van der Waals surface area contributed by atoms with Crippen molar-refractivity contribution in [3.63, 3.8) is 0 Å². The maximum atomic E-state index is 12.2. The first-order valence-electron chi connectivity index (χ1n) is 5.47. The van der Waals surface area contributed by atoms with Crippen LogP contribution in [-0.2, 0) is 10.0 Å². The summed E-state index contributed by atoms with van der Waals surface area (Å²) in [6.45, 7) is 1.73. The summed E-state index contributed by atoms with van der Waals surface area (Å²) in [6, 6.07) is 5.54. The predicted octanol–water partition coefficient (Wildman–Crippen LogP) is 2.79. The van der Waals surface area contributed by atoms with E-state index in [1.54, 1.807) is 19.1 Å². The molecule has 1 aromatic heterocycles. The lowest BCUT2D eigenvalue weighted by atomic mass is 10.2. The van der Waals surface area contributed by atoms with Gasteiger partial charge in [0.1, 0.15) is 4.90 Å². The molecule has 1 aromatic carbocycles. The lowest BCUT2D eigenvalue weighted by Gasteiger charge is -2.12. The first kappa shape index (κ1) is 14.9. The molecule has 0 saturated heterocycles. The number of sulfonamides is 1. The molecule has 0 fully saturated rings. The number of halogens is 2. The van der Waals surface area contributed by atoms with Crippen LogP contribution in [-0.4, -0.2) is 13.4 Å². The van der Waals surface area contributed by atoms with E-state index in [0.717, 1.165) is 12.3 Å². The Kier molecular flexibility index (Phi) is 4.08. The largest absolute Gasteiger partial charge is 0.328 e. The fourth-order valence-corrected chi connectivity index (χ4v) is 3.14. The van der Waals surface area contributed by atoms with Crippen LogP contribution in [0.3, 0.4) is 0 Å². The van der Waals surface area contributed by atoms with Crippen molar-refractivity contribution in [1.29, 1.82) is 0 Å². The molecule has 0 amide bonds. The summed E-state index contributed by atoms with van der Waals surface area (Å²) in [5.74, 6) is 0. The highest BCUT2D eigenvalue weighted by atomic mass is 35.5. The van der Waals surface area contributed by atoms with Crippen LogP contribution >= 0.6 is 23.2 Å². The summed E-state index contributed by atoms with van der Waals surface area (Å²) in [5, 5.41) is 0.416. The number of pyridine rings is 1. The molecule has 0 aliphatic carbocycles. The molecule has 1 heterocycles. The van der Waals surface area contributed by atoms with E-state index in [2.05, 4.69) is 9.71 Å². The van der Waals surface area contributed by atoms with E-state index in [4.69, 9.17) is 23.2 Å². The Hall–Kier alpha value is -1.50. The Morgan fingerprint density at radius 1 is 1.15 bits per heavy atom. The fraction of sp³-hybridized carbons (Fsp3) is 0.0833. The summed E-state index contributed by atoms with van der Waals surface area (Å²) in [7, 11) is -3.88. The van der Waals surface area contributed by atoms with Gasteiger partial charge < -0.3 is 4.98 Å². The van der Waals surface area contributed by atoms with Gasteiger partial charge in [-0.2, -0.15) is 0 Å². The van der Waals surface area contributed by atoms with E-state index >= 15 is 0 Å². The Morgan fingerprint density at radius 2 is 1.85 bits per heavy atom. The van der Waals surface area contributed by atoms with Gasteiger partial charge in [0.15, 0.2) is 0 Å². The van der Waals surface area contributed by atoms with E-state index in [0.29, 0.717) is 5.56 Å². The fourth-order valence-electron chi connectivity index (χ4n) is 1.51. The minimum absolute atomic E-state index is 0.0919. The van der Waals surface area contributed by atoms with Gasteiger partial charge in [-0.15, -0.1) is 0 Å². The van der Waals surface area contributed by atoms with Gasteiger partial charge in [-0.3, -0.25) is 9.52 Å². The van der Waals surface area contributed by atoms with Crippen LogP contribution in [0.25, 0.3) is 0 Å². The zero-order valence-corrected chi connectivity index (χ0v) is 12.6. The van der Waals surface area contributed by atoms with Gasteiger partial charge in [0.05, 0.1) is 15.7 Å². The Labute approximate surface area is 125 Å². The van der Waals surface area contributed by atoms with Crippen LogP contribution in [0.15, 0.2) is 40.2 Å². The van der Waals surface area contributed by atoms with Gasteiger partial charge in [0.2, 0.25) is 5.56 Å². The van der Waals surface area contributed by atoms with E-state index < -0.39 is 15.6 Å². The molecule has 0 unspecified atom stereocenters. The third kappa shape index (κ3) is 2.98. The molecule has 2 aromatic rings. The molecule has 8 heteroatoms. The first-order valence-corrected chi connectivity index (χ1v) is 7.71. The zero-order chi connectivity index (χ0) is 14.9. The van der Waals surface area contributed by atoms with Gasteiger partial charge in [-0.05, 0) is 24.6 Å². The molecular formula is C12H10Cl2N2O3S. The van der Waals surface area contributed by atoms with Gasteiger partial charge in [-0.25, -0.2) is 8.42 Å². The quantitative estimate of drug-likeness (QED) is 0.906. The van der Waals surface area contributed by atoms with Crippen molar-refractivity contribution in [1.82, 2.24) is 4.98 Å². The van der Waals surface area contributed by atoms with Crippen LogP contribution in [0.2, 0.25) is 10.0 Å². The minimum Gasteiger partial charge on any atom is -0.328 e. The molecule has 5 nitrogen and oxygen atoms in total. The number of rotatable bonds is 3. The molecule has 20 heavy (non-hydrogen) atoms. The number of benzene rings is 1. The van der Waals surface area contributed by atoms with Gasteiger partial charge in [-0.1, -0.05) is 29.3 Å². The normalized spacial score (nSPS) is 11.3. The van der Waals surface area contributed by atoms with Crippen LogP contribution < -0.4 is 10.3 Å². The van der Waals surface area contributed by atoms with Gasteiger partial charge in [0, 0.05) is 12.3 Å². The average molecular weight is 333 g/mol. The highest BCUT2D eigenvalue weighted by molar-refractivity contribution is 7.92. The molecule has 2 N–H and O–H groups in total. The number of hydrogen-bond donors (Lipinski definition) is 2. The Morgan fingerprint density at radius 3 is 2.45 bits per heavy atom. The van der Waals surface area contributed by atoms with Gasteiger partial charge in [0.25, 0.3) is 10.0 Å². The van der Waals surface area contributed by atoms with Crippen LogP contribution in [0.4, 0.5) is 5.69 Å². The highest BCUT2D eigenvalue weighted by Crippen LogP contribution is 2.34. The number of H-pyrrole nitrogens is 1. The van der Waals surface area contributed by atoms with Crippen LogP contribution in [0.1, 0.15) is 5.56 Å². The second-order valence-corrected chi connectivity index (χ2v) is 6.51. The molecule has 0 saturated carbocycles. The molecule has 0 radical (unpaired) electrons. The number of anilines is 1. The summed E-state index contributed by atoms with van der Waals surface area (Å²) < 4.78 is 26.7. The van der Waals surface area contributed by atoms with Crippen molar-refractivity contribution in [2.45, 2.75) is 11.8 Å². The predicted molar refractivity (Wildman–Crippen MR) is 79.1 cm³/mol. The Bertz CT molecular complexity index is 795. The lowest BCUT2D eigenvalue weighted by molar-refractivity contribution is 0.600. The standard InChI is InChI=1S/C12H10Cl2N2O3S/c1-7-2-4-9(13)12(11(7)14)16-20(18,19)8-3-5-10(17)15-6-8/h2-6,16H,1H3,(H,15,17). The zero-order valence-electron chi connectivity index (χ0n) is 10.3. The van der Waals surface area contributed by atoms with Crippen LogP contribution in [0, 0.1) is 6.92 Å². The first-order chi connectivity index (χ1) is 9.31. The minimum atomic E-state index is -3.88. The van der Waals surface area contributed by atoms with Crippen LogP contribution in [0.5, 0.6) is 0 Å². The van der Waals surface area contributed by atoms with Crippen molar-refractivity contribution in [3.05, 3.63) is 56.4 Å². The molecule has 0 aliphatic rings. The molecule has 0 spiro atoms. The van der Waals surface area contributed by atoms with Gasteiger partial charge >= 0.3 is 0 Å². The maximum absolute atomic E-state index is 12.2. The third-order valence-electron chi connectivity index (χ3n) is 2.59. The Balaban J connectivity index is 2.46.